The van der Waals surface area contributed by atoms with Crippen LogP contribution in [-0.4, -0.2) is 40.6 Å². The second-order valence-corrected chi connectivity index (χ2v) is 5.57. The molecule has 0 saturated heterocycles. The molecule has 0 aromatic heterocycles. The number of aliphatic hydroxyl groups excluding tert-OH is 2. The fraction of sp³-hybridized carbons (Fsp3) is 0.417. The van der Waals surface area contributed by atoms with Crippen molar-refractivity contribution in [2.45, 2.75) is 17.4 Å². The van der Waals surface area contributed by atoms with E-state index in [4.69, 9.17) is 21.8 Å². The predicted molar refractivity (Wildman–Crippen MR) is 72.9 cm³/mol. The highest BCUT2D eigenvalue weighted by Gasteiger charge is 2.24. The molecule has 100 valence electrons. The van der Waals surface area contributed by atoms with Crippen molar-refractivity contribution in [2.24, 2.45) is 0 Å². The van der Waals surface area contributed by atoms with Gasteiger partial charge in [0, 0.05) is 4.90 Å². The van der Waals surface area contributed by atoms with Crippen LogP contribution in [0.1, 0.15) is 6.92 Å². The first-order valence-corrected chi connectivity index (χ1v) is 6.77. The third kappa shape index (κ3) is 4.49. The number of benzene rings is 1. The number of thioether (sulfide) groups is 1. The molecule has 0 bridgehead atoms. The van der Waals surface area contributed by atoms with Crippen LogP contribution in [-0.2, 0) is 4.79 Å². The Morgan fingerprint density at radius 1 is 1.39 bits per heavy atom. The molecule has 0 heterocycles. The number of aliphatic hydroxyl groups is 2. The molecule has 0 spiro atoms. The van der Waals surface area contributed by atoms with E-state index in [0.29, 0.717) is 5.02 Å². The summed E-state index contributed by atoms with van der Waals surface area (Å²) in [5.41, 5.74) is -0.988. The summed E-state index contributed by atoms with van der Waals surface area (Å²) in [5, 5.41) is 21.3. The molecule has 0 aliphatic rings. The maximum absolute atomic E-state index is 11.7. The predicted octanol–water partition coefficient (Wildman–Crippen LogP) is 1.29. The molecule has 18 heavy (non-hydrogen) atoms. The number of hydrogen-bond donors (Lipinski definition) is 3. The van der Waals surface area contributed by atoms with Crippen LogP contribution >= 0.6 is 23.4 Å². The summed E-state index contributed by atoms with van der Waals surface area (Å²) in [6.45, 7) is 0.947. The second kappa shape index (κ2) is 6.99. The van der Waals surface area contributed by atoms with Gasteiger partial charge in [0.1, 0.15) is 0 Å². The molecule has 6 heteroatoms. The van der Waals surface area contributed by atoms with Gasteiger partial charge in [0.05, 0.1) is 29.5 Å². The number of halogens is 1. The van der Waals surface area contributed by atoms with Gasteiger partial charge in [0.15, 0.2) is 0 Å². The molecule has 0 saturated carbocycles. The summed E-state index contributed by atoms with van der Waals surface area (Å²) in [5.74, 6) is -0.0789. The number of carbonyl (C=O) groups excluding carboxylic acids is 1. The lowest BCUT2D eigenvalue weighted by Gasteiger charge is -2.26. The molecule has 1 rings (SSSR count). The molecule has 0 aliphatic heterocycles. The number of carbonyl (C=O) groups is 1. The van der Waals surface area contributed by atoms with E-state index >= 15 is 0 Å². The maximum atomic E-state index is 11.7. The van der Waals surface area contributed by atoms with E-state index in [1.165, 1.54) is 11.8 Å². The van der Waals surface area contributed by atoms with Gasteiger partial charge in [-0.05, 0) is 19.1 Å². The van der Waals surface area contributed by atoms with E-state index in [2.05, 4.69) is 5.32 Å². The van der Waals surface area contributed by atoms with Gasteiger partial charge < -0.3 is 15.5 Å². The van der Waals surface area contributed by atoms with Crippen molar-refractivity contribution in [3.05, 3.63) is 29.3 Å². The lowest BCUT2D eigenvalue weighted by atomic mass is 10.1. The minimum absolute atomic E-state index is 0.180. The molecule has 1 aromatic rings. The highest BCUT2D eigenvalue weighted by Crippen LogP contribution is 2.26. The number of hydrogen-bond acceptors (Lipinski definition) is 4. The Kier molecular flexibility index (Phi) is 5.95. The van der Waals surface area contributed by atoms with Crippen LogP contribution in [0, 0.1) is 0 Å². The highest BCUT2D eigenvalue weighted by molar-refractivity contribution is 8.00. The number of rotatable bonds is 6. The van der Waals surface area contributed by atoms with Crippen LogP contribution in [0.4, 0.5) is 0 Å². The smallest absolute Gasteiger partial charge is 0.230 e. The number of nitrogens with one attached hydrogen (secondary N) is 1. The lowest BCUT2D eigenvalue weighted by molar-refractivity contribution is -0.121. The minimum atomic E-state index is -0.988. The molecular formula is C12H16ClNO3S. The highest BCUT2D eigenvalue weighted by atomic mass is 35.5. The summed E-state index contributed by atoms with van der Waals surface area (Å²) < 4.78 is 0. The Labute approximate surface area is 115 Å². The Bertz CT molecular complexity index is 410. The normalized spacial score (nSPS) is 11.3. The first-order valence-electron chi connectivity index (χ1n) is 5.41. The fourth-order valence-electron chi connectivity index (χ4n) is 1.21. The summed E-state index contributed by atoms with van der Waals surface area (Å²) in [4.78, 5) is 12.5. The Morgan fingerprint density at radius 3 is 2.56 bits per heavy atom. The summed E-state index contributed by atoms with van der Waals surface area (Å²) >= 11 is 7.27. The average Bonchev–Trinajstić information content (AvgIpc) is 2.37. The number of amides is 1. The van der Waals surface area contributed by atoms with Crippen molar-refractivity contribution in [2.75, 3.05) is 19.0 Å². The van der Waals surface area contributed by atoms with E-state index < -0.39 is 5.54 Å². The van der Waals surface area contributed by atoms with Gasteiger partial charge in [0.2, 0.25) is 5.91 Å². The van der Waals surface area contributed by atoms with Crippen LogP contribution in [0.2, 0.25) is 5.02 Å². The molecule has 0 atom stereocenters. The third-order valence-electron chi connectivity index (χ3n) is 2.33. The molecular weight excluding hydrogens is 274 g/mol. The van der Waals surface area contributed by atoms with Crippen molar-refractivity contribution < 1.29 is 15.0 Å². The van der Waals surface area contributed by atoms with E-state index in [9.17, 15) is 4.79 Å². The molecule has 0 fully saturated rings. The van der Waals surface area contributed by atoms with E-state index in [0.717, 1.165) is 4.90 Å². The fourth-order valence-corrected chi connectivity index (χ4v) is 2.25. The standard InChI is InChI=1S/C12H16ClNO3S/c1-12(7-15,8-16)14-11(17)6-18-10-5-3-2-4-9(10)13/h2-5,15-16H,6-8H2,1H3,(H,14,17). The van der Waals surface area contributed by atoms with Gasteiger partial charge in [-0.25, -0.2) is 0 Å². The van der Waals surface area contributed by atoms with Crippen LogP contribution in [0.3, 0.4) is 0 Å². The molecule has 3 N–H and O–H groups in total. The van der Waals surface area contributed by atoms with Crippen LogP contribution in [0.25, 0.3) is 0 Å². The lowest BCUT2D eigenvalue weighted by Crippen LogP contribution is -2.52. The zero-order chi connectivity index (χ0) is 13.6. The Hall–Kier alpha value is -0.750. The molecule has 1 aromatic carbocycles. The molecule has 0 aliphatic carbocycles. The summed E-state index contributed by atoms with van der Waals surface area (Å²) in [6.07, 6.45) is 0. The quantitative estimate of drug-likeness (QED) is 0.690. The average molecular weight is 290 g/mol. The van der Waals surface area contributed by atoms with Crippen molar-refractivity contribution in [3.8, 4) is 0 Å². The molecule has 4 nitrogen and oxygen atoms in total. The zero-order valence-electron chi connectivity index (χ0n) is 10.0. The van der Waals surface area contributed by atoms with E-state index in [1.54, 1.807) is 13.0 Å². The maximum Gasteiger partial charge on any atom is 0.230 e. The second-order valence-electron chi connectivity index (χ2n) is 4.14. The largest absolute Gasteiger partial charge is 0.394 e. The van der Waals surface area contributed by atoms with Gasteiger partial charge in [-0.1, -0.05) is 23.7 Å². The van der Waals surface area contributed by atoms with E-state index in [1.807, 2.05) is 18.2 Å². The molecule has 0 unspecified atom stereocenters. The minimum Gasteiger partial charge on any atom is -0.394 e. The Morgan fingerprint density at radius 2 is 2.00 bits per heavy atom. The van der Waals surface area contributed by atoms with Gasteiger partial charge in [-0.15, -0.1) is 11.8 Å². The summed E-state index contributed by atoms with van der Waals surface area (Å²) in [6, 6.07) is 7.25. The van der Waals surface area contributed by atoms with Crippen LogP contribution in [0.15, 0.2) is 29.2 Å². The van der Waals surface area contributed by atoms with E-state index in [-0.39, 0.29) is 24.9 Å². The van der Waals surface area contributed by atoms with Gasteiger partial charge >= 0.3 is 0 Å². The first-order chi connectivity index (χ1) is 8.50. The first kappa shape index (κ1) is 15.3. The van der Waals surface area contributed by atoms with Crippen molar-refractivity contribution in [1.82, 2.24) is 5.32 Å². The topological polar surface area (TPSA) is 69.6 Å². The van der Waals surface area contributed by atoms with Crippen molar-refractivity contribution in [1.29, 1.82) is 0 Å². The van der Waals surface area contributed by atoms with Crippen molar-refractivity contribution >= 4 is 29.3 Å². The van der Waals surface area contributed by atoms with Gasteiger partial charge in [-0.3, -0.25) is 4.79 Å². The Balaban J connectivity index is 2.50. The van der Waals surface area contributed by atoms with Crippen LogP contribution in [0.5, 0.6) is 0 Å². The van der Waals surface area contributed by atoms with Crippen LogP contribution < -0.4 is 5.32 Å². The van der Waals surface area contributed by atoms with Crippen molar-refractivity contribution in [3.63, 3.8) is 0 Å². The molecule has 0 radical (unpaired) electrons. The molecule has 1 amide bonds. The SMILES string of the molecule is CC(CO)(CO)NC(=O)CSc1ccccc1Cl. The summed E-state index contributed by atoms with van der Waals surface area (Å²) in [7, 11) is 0. The monoisotopic (exact) mass is 289 g/mol. The van der Waals surface area contributed by atoms with Gasteiger partial charge in [-0.2, -0.15) is 0 Å². The third-order valence-corrected chi connectivity index (χ3v) is 3.85. The zero-order valence-corrected chi connectivity index (χ0v) is 11.6. The van der Waals surface area contributed by atoms with Gasteiger partial charge in [0.25, 0.3) is 0 Å².